The fraction of sp³-hybridized carbons (Fsp3) is 0.269. The number of carboxylic acid groups (broad SMARTS) is 1. The Morgan fingerprint density at radius 1 is 0.946 bits per heavy atom. The number of amides is 1. The second-order valence-corrected chi connectivity index (χ2v) is 9.10. The van der Waals surface area contributed by atoms with Gasteiger partial charge in [-0.25, -0.2) is 4.79 Å². The van der Waals surface area contributed by atoms with Gasteiger partial charge in [-0.2, -0.15) is 13.2 Å². The highest BCUT2D eigenvalue weighted by Crippen LogP contribution is 2.26. The Morgan fingerprint density at radius 2 is 1.54 bits per heavy atom. The van der Waals surface area contributed by atoms with E-state index in [9.17, 15) is 22.8 Å². The van der Waals surface area contributed by atoms with E-state index in [1.165, 1.54) is 0 Å². The molecule has 1 amide bonds. The summed E-state index contributed by atoms with van der Waals surface area (Å²) in [4.78, 5) is 35.3. The van der Waals surface area contributed by atoms with Gasteiger partial charge in [-0.05, 0) is 66.0 Å². The van der Waals surface area contributed by atoms with E-state index in [0.717, 1.165) is 33.0 Å². The number of aliphatic carboxylic acids is 1. The standard InChI is InChI=1S/C24H27N3O2S.C2HF3O2/c25-14-6-11-22(27-23(28)21(26)15-17-7-2-1-3-8-17)24(29)30-20-13-12-18-9-4-5-10-19(18)16-20;3-2(4,5)1(6)7/h1-5,7-10,12-13,16,21-22H,6,11,14-15,25-26H2,(H,27,28);(H,6,7)/t21-,22-;/m0./s1. The number of thioether (sulfide) groups is 1. The van der Waals surface area contributed by atoms with Gasteiger partial charge in [0.1, 0.15) is 0 Å². The summed E-state index contributed by atoms with van der Waals surface area (Å²) in [5, 5.41) is 12.0. The molecule has 3 rings (SSSR count). The number of hydrogen-bond acceptors (Lipinski definition) is 6. The normalized spacial score (nSPS) is 12.7. The number of nitrogens with one attached hydrogen (secondary N) is 1. The van der Waals surface area contributed by atoms with E-state index in [1.54, 1.807) is 0 Å². The number of benzene rings is 3. The predicted octanol–water partition coefficient (Wildman–Crippen LogP) is 3.89. The Bertz CT molecular complexity index is 1190. The summed E-state index contributed by atoms with van der Waals surface area (Å²) < 4.78 is 31.7. The highest BCUT2D eigenvalue weighted by Gasteiger charge is 2.38. The van der Waals surface area contributed by atoms with Crippen LogP contribution in [0.5, 0.6) is 0 Å². The number of carboxylic acids is 1. The number of halogens is 3. The average molecular weight is 536 g/mol. The van der Waals surface area contributed by atoms with Gasteiger partial charge in [-0.1, -0.05) is 60.7 Å². The molecule has 0 bridgehead atoms. The molecular formula is C26H28F3N3O4S. The van der Waals surface area contributed by atoms with Crippen LogP contribution in [0.25, 0.3) is 10.8 Å². The number of alkyl halides is 3. The largest absolute Gasteiger partial charge is 0.490 e. The zero-order valence-electron chi connectivity index (χ0n) is 19.8. The van der Waals surface area contributed by atoms with Gasteiger partial charge in [0, 0.05) is 4.90 Å². The smallest absolute Gasteiger partial charge is 0.475 e. The summed E-state index contributed by atoms with van der Waals surface area (Å²) in [5.74, 6) is -3.08. The average Bonchev–Trinajstić information content (AvgIpc) is 2.86. The van der Waals surface area contributed by atoms with Gasteiger partial charge in [-0.3, -0.25) is 9.59 Å². The monoisotopic (exact) mass is 535 g/mol. The third kappa shape index (κ3) is 10.2. The van der Waals surface area contributed by atoms with Crippen molar-refractivity contribution in [1.82, 2.24) is 5.32 Å². The maximum Gasteiger partial charge on any atom is 0.490 e. The first-order valence-electron chi connectivity index (χ1n) is 11.3. The van der Waals surface area contributed by atoms with Crippen LogP contribution in [0.2, 0.25) is 0 Å². The van der Waals surface area contributed by atoms with Crippen LogP contribution in [0, 0.1) is 0 Å². The van der Waals surface area contributed by atoms with Gasteiger partial charge in [0.25, 0.3) is 0 Å². The molecule has 2 atom stereocenters. The maximum atomic E-state index is 12.9. The van der Waals surface area contributed by atoms with Gasteiger partial charge in [0.05, 0.1) is 12.1 Å². The second-order valence-electron chi connectivity index (χ2n) is 8.02. The zero-order valence-corrected chi connectivity index (χ0v) is 20.6. The molecule has 3 aromatic rings. The van der Waals surface area contributed by atoms with Crippen LogP contribution in [0.4, 0.5) is 13.2 Å². The van der Waals surface area contributed by atoms with Crippen molar-refractivity contribution < 1.29 is 32.7 Å². The van der Waals surface area contributed by atoms with Gasteiger partial charge in [-0.15, -0.1) is 0 Å². The predicted molar refractivity (Wildman–Crippen MR) is 137 cm³/mol. The highest BCUT2D eigenvalue weighted by molar-refractivity contribution is 8.13. The van der Waals surface area contributed by atoms with Gasteiger partial charge < -0.3 is 21.9 Å². The molecule has 0 unspecified atom stereocenters. The topological polar surface area (TPSA) is 136 Å². The van der Waals surface area contributed by atoms with Crippen molar-refractivity contribution in [3.05, 3.63) is 78.4 Å². The molecule has 0 fully saturated rings. The van der Waals surface area contributed by atoms with E-state index >= 15 is 0 Å². The minimum atomic E-state index is -5.08. The number of carbonyl (C=O) groups is 3. The van der Waals surface area contributed by atoms with Crippen molar-refractivity contribution in [2.75, 3.05) is 6.54 Å². The van der Waals surface area contributed by atoms with Crippen molar-refractivity contribution in [3.63, 3.8) is 0 Å². The highest BCUT2D eigenvalue weighted by atomic mass is 32.2. The number of hydrogen-bond donors (Lipinski definition) is 4. The number of rotatable bonds is 9. The molecule has 0 radical (unpaired) electrons. The van der Waals surface area contributed by atoms with Crippen molar-refractivity contribution in [3.8, 4) is 0 Å². The van der Waals surface area contributed by atoms with Crippen LogP contribution in [-0.4, -0.2) is 46.9 Å². The lowest BCUT2D eigenvalue weighted by molar-refractivity contribution is -0.192. The van der Waals surface area contributed by atoms with Crippen molar-refractivity contribution in [2.45, 2.75) is 42.4 Å². The van der Waals surface area contributed by atoms with Crippen LogP contribution in [0.1, 0.15) is 18.4 Å². The van der Waals surface area contributed by atoms with Crippen molar-refractivity contribution in [1.29, 1.82) is 0 Å². The van der Waals surface area contributed by atoms with E-state index in [2.05, 4.69) is 5.32 Å². The third-order valence-corrected chi connectivity index (χ3v) is 6.09. The lowest BCUT2D eigenvalue weighted by Crippen LogP contribution is -2.48. The fourth-order valence-electron chi connectivity index (χ4n) is 3.23. The van der Waals surface area contributed by atoms with Gasteiger partial charge in [0.2, 0.25) is 11.0 Å². The zero-order chi connectivity index (χ0) is 27.4. The Balaban J connectivity index is 0.000000604. The quantitative estimate of drug-likeness (QED) is 0.305. The molecule has 11 heteroatoms. The molecule has 37 heavy (non-hydrogen) atoms. The minimum Gasteiger partial charge on any atom is -0.475 e. The summed E-state index contributed by atoms with van der Waals surface area (Å²) in [6, 6.07) is 22.2. The van der Waals surface area contributed by atoms with E-state index in [4.69, 9.17) is 21.4 Å². The molecule has 0 aliphatic rings. The first-order chi connectivity index (χ1) is 17.5. The molecule has 0 spiro atoms. The summed E-state index contributed by atoms with van der Waals surface area (Å²) in [5.41, 5.74) is 12.7. The second kappa shape index (κ2) is 14.4. The van der Waals surface area contributed by atoms with Crippen LogP contribution in [-0.2, 0) is 20.8 Å². The van der Waals surface area contributed by atoms with Crippen LogP contribution in [0.15, 0.2) is 77.7 Å². The number of carbonyl (C=O) groups excluding carboxylic acids is 2. The molecule has 0 saturated carbocycles. The van der Waals surface area contributed by atoms with Crippen molar-refractivity contribution >= 4 is 39.5 Å². The molecule has 0 heterocycles. The summed E-state index contributed by atoms with van der Waals surface area (Å²) in [7, 11) is 0. The van der Waals surface area contributed by atoms with E-state index in [-0.39, 0.29) is 11.0 Å². The lowest BCUT2D eigenvalue weighted by atomic mass is 10.1. The molecule has 0 aliphatic carbocycles. The first-order valence-corrected chi connectivity index (χ1v) is 12.1. The summed E-state index contributed by atoms with van der Waals surface area (Å²) in [6.07, 6.45) is -3.54. The molecule has 0 aromatic heterocycles. The van der Waals surface area contributed by atoms with Gasteiger partial charge >= 0.3 is 12.1 Å². The van der Waals surface area contributed by atoms with E-state index in [0.29, 0.717) is 25.8 Å². The molecule has 3 aromatic carbocycles. The Kier molecular flexibility index (Phi) is 11.6. The fourth-order valence-corrected chi connectivity index (χ4v) is 4.10. The Morgan fingerprint density at radius 3 is 2.14 bits per heavy atom. The molecule has 7 nitrogen and oxygen atoms in total. The molecular weight excluding hydrogens is 507 g/mol. The molecule has 0 aliphatic heterocycles. The SMILES string of the molecule is NCCC[C@H](NC(=O)[C@@H](N)Cc1ccccc1)C(=O)Sc1ccc2ccccc2c1.O=C(O)C(F)(F)F. The number of nitrogens with two attached hydrogens (primary N) is 2. The van der Waals surface area contributed by atoms with Crippen LogP contribution >= 0.6 is 11.8 Å². The Labute approximate surface area is 216 Å². The third-order valence-electron chi connectivity index (χ3n) is 5.12. The van der Waals surface area contributed by atoms with Crippen LogP contribution in [0.3, 0.4) is 0 Å². The van der Waals surface area contributed by atoms with Crippen molar-refractivity contribution in [2.24, 2.45) is 11.5 Å². The lowest BCUT2D eigenvalue weighted by Gasteiger charge is -2.20. The van der Waals surface area contributed by atoms with E-state index < -0.39 is 24.2 Å². The maximum absolute atomic E-state index is 12.9. The van der Waals surface area contributed by atoms with Gasteiger partial charge in [0.15, 0.2) is 0 Å². The summed E-state index contributed by atoms with van der Waals surface area (Å²) >= 11 is 1.14. The van der Waals surface area contributed by atoms with Crippen LogP contribution < -0.4 is 16.8 Å². The Hall–Kier alpha value is -3.41. The summed E-state index contributed by atoms with van der Waals surface area (Å²) in [6.45, 7) is 0.455. The molecule has 0 saturated heterocycles. The molecule has 6 N–H and O–H groups in total. The first kappa shape index (κ1) is 29.8. The minimum absolute atomic E-state index is 0.112. The van der Waals surface area contributed by atoms with E-state index in [1.807, 2.05) is 72.8 Å². The number of fused-ring (bicyclic) bond motifs is 1. The molecule has 198 valence electrons.